The summed E-state index contributed by atoms with van der Waals surface area (Å²) in [5, 5.41) is 36.7. The smallest absolute Gasteiger partial charge is 0.251 e. The lowest BCUT2D eigenvalue weighted by atomic mass is 10.1. The third kappa shape index (κ3) is 4.28. The van der Waals surface area contributed by atoms with E-state index in [1.165, 1.54) is 24.0 Å². The molecule has 35 heavy (non-hydrogen) atoms. The number of amides is 1. The lowest BCUT2D eigenvalue weighted by molar-refractivity contribution is -0.137. The zero-order valence-electron chi connectivity index (χ0n) is 18.7. The van der Waals surface area contributed by atoms with Crippen molar-refractivity contribution in [2.45, 2.75) is 31.1 Å². The molecule has 4 atom stereocenters. The minimum absolute atomic E-state index is 0.0598. The highest BCUT2D eigenvalue weighted by molar-refractivity contribution is 5.85. The van der Waals surface area contributed by atoms with Crippen LogP contribution in [0.5, 0.6) is 5.75 Å². The minimum atomic E-state index is -1.43. The molecule has 0 aliphatic carbocycles. The molecule has 0 bridgehead atoms. The van der Waals surface area contributed by atoms with Crippen LogP contribution < -0.4 is 10.6 Å². The number of ether oxygens (including phenoxy) is 1. The zero-order chi connectivity index (χ0) is 24.5. The molecule has 2 aromatic carbocycles. The Kier molecular flexibility index (Phi) is 6.03. The van der Waals surface area contributed by atoms with Crippen LogP contribution in [-0.2, 0) is 16.1 Å². The summed E-state index contributed by atoms with van der Waals surface area (Å²) in [6.45, 7) is 0.472. The van der Waals surface area contributed by atoms with Gasteiger partial charge < -0.3 is 30.7 Å². The lowest BCUT2D eigenvalue weighted by Crippen LogP contribution is -2.41. The molecule has 5 rings (SSSR count). The van der Waals surface area contributed by atoms with Crippen molar-refractivity contribution in [1.29, 1.82) is 0 Å². The van der Waals surface area contributed by atoms with Gasteiger partial charge in [0, 0.05) is 19.2 Å². The van der Waals surface area contributed by atoms with Gasteiger partial charge in [-0.05, 0) is 17.7 Å². The highest BCUT2D eigenvalue weighted by Gasteiger charge is 2.47. The van der Waals surface area contributed by atoms with Crippen LogP contribution in [0, 0.1) is 0 Å². The van der Waals surface area contributed by atoms with Gasteiger partial charge in [0.15, 0.2) is 35.1 Å². The lowest BCUT2D eigenvalue weighted by Gasteiger charge is -2.17. The number of nitrogens with zero attached hydrogens (tertiary/aromatic N) is 4. The Labute approximate surface area is 200 Å². The maximum absolute atomic E-state index is 12.1. The average Bonchev–Trinajstić information content (AvgIpc) is 3.43. The normalized spacial score (nSPS) is 21.8. The quantitative estimate of drug-likeness (QED) is 0.276. The van der Waals surface area contributed by atoms with Crippen molar-refractivity contribution in [3.8, 4) is 17.1 Å². The second-order valence-electron chi connectivity index (χ2n) is 8.15. The van der Waals surface area contributed by atoms with Gasteiger partial charge in [-0.2, -0.15) is 0 Å². The Morgan fingerprint density at radius 1 is 1.09 bits per heavy atom. The number of hydrogen-bond donors (Lipinski definition) is 5. The Balaban J connectivity index is 1.58. The number of aromatic nitrogens is 4. The average molecular weight is 476 g/mol. The van der Waals surface area contributed by atoms with Crippen molar-refractivity contribution in [2.75, 3.05) is 12.4 Å². The maximum Gasteiger partial charge on any atom is 0.251 e. The molecule has 0 saturated carbocycles. The van der Waals surface area contributed by atoms with E-state index < -0.39 is 30.4 Å². The highest BCUT2D eigenvalue weighted by atomic mass is 16.6. The number of aromatic hydroxyl groups is 1. The number of phenols is 1. The van der Waals surface area contributed by atoms with Gasteiger partial charge >= 0.3 is 0 Å². The predicted octanol–water partition coefficient (Wildman–Crippen LogP) is 1.18. The molecule has 1 aliphatic heterocycles. The largest absolute Gasteiger partial charge is 0.508 e. The van der Waals surface area contributed by atoms with Crippen molar-refractivity contribution < 1.29 is 24.9 Å². The molecular weight excluding hydrogens is 452 g/mol. The van der Waals surface area contributed by atoms with Crippen molar-refractivity contribution in [3.05, 3.63) is 66.5 Å². The van der Waals surface area contributed by atoms with Gasteiger partial charge in [-0.15, -0.1) is 0 Å². The van der Waals surface area contributed by atoms with Crippen molar-refractivity contribution >= 4 is 22.9 Å². The Morgan fingerprint density at radius 3 is 2.63 bits per heavy atom. The van der Waals surface area contributed by atoms with Gasteiger partial charge in [-0.3, -0.25) is 9.36 Å². The summed E-state index contributed by atoms with van der Waals surface area (Å²) >= 11 is 0. The van der Waals surface area contributed by atoms with E-state index in [0.717, 1.165) is 5.56 Å². The van der Waals surface area contributed by atoms with Crippen LogP contribution >= 0.6 is 0 Å². The number of aliphatic hydroxyl groups is 2. The predicted molar refractivity (Wildman–Crippen MR) is 126 cm³/mol. The second kappa shape index (κ2) is 9.29. The summed E-state index contributed by atoms with van der Waals surface area (Å²) in [5.74, 6) is 0.252. The van der Waals surface area contributed by atoms with Gasteiger partial charge in [0.1, 0.15) is 18.0 Å². The second-order valence-corrected chi connectivity index (χ2v) is 8.15. The summed E-state index contributed by atoms with van der Waals surface area (Å²) < 4.78 is 7.18. The number of phenolic OH excluding ortho intramolecular Hbond substituents is 1. The minimum Gasteiger partial charge on any atom is -0.508 e. The molecule has 4 aromatic rings. The topological polar surface area (TPSA) is 155 Å². The number of imidazole rings is 1. The summed E-state index contributed by atoms with van der Waals surface area (Å²) in [4.78, 5) is 25.8. The molecule has 0 spiro atoms. The number of carbonyl (C=O) groups is 1. The van der Waals surface area contributed by atoms with E-state index in [1.807, 2.05) is 30.3 Å². The number of rotatable bonds is 6. The SMILES string of the molecule is CNC(=O)[C@@H]1OC(n2cnc3c(NCc4ccccc4)nc(-c4cccc(O)c4)nc32)C(O)C1O. The molecule has 3 heterocycles. The number of likely N-dealkylation sites (N-methyl/N-ethyl adjacent to an activating group) is 1. The summed E-state index contributed by atoms with van der Waals surface area (Å²) in [5.41, 5.74) is 2.34. The standard InChI is InChI=1S/C24H24N6O5/c1-25-23(34)19-17(32)18(33)24(35-19)30-12-27-16-21(26-11-13-6-3-2-4-7-13)28-20(29-22(16)30)14-8-5-9-15(31)10-14/h2-10,12,17-19,24,31-33H,11H2,1H3,(H,25,34)(H,26,28,29)/t17?,18?,19-,24?/m1/s1. The molecule has 0 radical (unpaired) electrons. The van der Waals surface area contributed by atoms with E-state index in [0.29, 0.717) is 34.9 Å². The maximum atomic E-state index is 12.1. The number of nitrogens with one attached hydrogen (secondary N) is 2. The van der Waals surface area contributed by atoms with Crippen LogP contribution in [0.1, 0.15) is 11.8 Å². The highest BCUT2D eigenvalue weighted by Crippen LogP contribution is 2.34. The summed E-state index contributed by atoms with van der Waals surface area (Å²) in [7, 11) is 1.42. The van der Waals surface area contributed by atoms with Crippen LogP contribution in [0.2, 0.25) is 0 Å². The molecule has 3 unspecified atom stereocenters. The Morgan fingerprint density at radius 2 is 1.89 bits per heavy atom. The molecule has 1 amide bonds. The molecule has 1 saturated heterocycles. The van der Waals surface area contributed by atoms with E-state index in [1.54, 1.807) is 18.2 Å². The van der Waals surface area contributed by atoms with Gasteiger partial charge in [-0.1, -0.05) is 42.5 Å². The molecule has 2 aromatic heterocycles. The van der Waals surface area contributed by atoms with E-state index in [-0.39, 0.29) is 5.75 Å². The first-order valence-corrected chi connectivity index (χ1v) is 11.0. The third-order valence-corrected chi connectivity index (χ3v) is 5.85. The molecule has 11 nitrogen and oxygen atoms in total. The van der Waals surface area contributed by atoms with E-state index >= 15 is 0 Å². The summed E-state index contributed by atoms with van der Waals surface area (Å²) in [6.07, 6.45) is -3.76. The van der Waals surface area contributed by atoms with Crippen molar-refractivity contribution in [2.24, 2.45) is 0 Å². The van der Waals surface area contributed by atoms with Gasteiger partial charge in [-0.25, -0.2) is 15.0 Å². The van der Waals surface area contributed by atoms with Crippen LogP contribution in [-0.4, -0.2) is 66.1 Å². The summed E-state index contributed by atoms with van der Waals surface area (Å²) in [6, 6.07) is 16.3. The first-order valence-electron chi connectivity index (χ1n) is 11.0. The first-order chi connectivity index (χ1) is 17.0. The molecule has 1 aliphatic rings. The fourth-order valence-electron chi connectivity index (χ4n) is 4.03. The van der Waals surface area contributed by atoms with Crippen LogP contribution in [0.25, 0.3) is 22.6 Å². The molecule has 1 fully saturated rings. The molecule has 5 N–H and O–H groups in total. The van der Waals surface area contributed by atoms with E-state index in [2.05, 4.69) is 25.6 Å². The number of fused-ring (bicyclic) bond motifs is 1. The fourth-order valence-corrected chi connectivity index (χ4v) is 4.03. The number of carbonyl (C=O) groups excluding carboxylic acids is 1. The Bertz CT molecular complexity index is 1360. The van der Waals surface area contributed by atoms with Gasteiger partial charge in [0.25, 0.3) is 5.91 Å². The van der Waals surface area contributed by atoms with Crippen molar-refractivity contribution in [1.82, 2.24) is 24.8 Å². The molecule has 11 heteroatoms. The molecular formula is C24H24N6O5. The van der Waals surface area contributed by atoms with Crippen LogP contribution in [0.15, 0.2) is 60.9 Å². The van der Waals surface area contributed by atoms with Crippen molar-refractivity contribution in [3.63, 3.8) is 0 Å². The van der Waals surface area contributed by atoms with Crippen LogP contribution in [0.3, 0.4) is 0 Å². The first kappa shape index (κ1) is 22.7. The number of aliphatic hydroxyl groups excluding tert-OH is 2. The van der Waals surface area contributed by atoms with Gasteiger partial charge in [0.05, 0.1) is 6.33 Å². The Hall–Kier alpha value is -4.06. The fraction of sp³-hybridized carbons (Fsp3) is 0.250. The van der Waals surface area contributed by atoms with Crippen LogP contribution in [0.4, 0.5) is 5.82 Å². The van der Waals surface area contributed by atoms with E-state index in [4.69, 9.17) is 4.74 Å². The number of hydrogen-bond acceptors (Lipinski definition) is 9. The zero-order valence-corrected chi connectivity index (χ0v) is 18.7. The van der Waals surface area contributed by atoms with E-state index in [9.17, 15) is 20.1 Å². The molecule has 180 valence electrons. The number of benzene rings is 2. The monoisotopic (exact) mass is 476 g/mol. The number of anilines is 1. The van der Waals surface area contributed by atoms with Gasteiger partial charge in [0.2, 0.25) is 0 Å². The third-order valence-electron chi connectivity index (χ3n) is 5.85.